The smallest absolute Gasteiger partial charge is 0.254 e. The summed E-state index contributed by atoms with van der Waals surface area (Å²) in [6.45, 7) is 4.86. The largest absolute Gasteiger partial charge is 0.356 e. The number of amides is 1. The number of hydrogen-bond acceptors (Lipinski definition) is 1. The van der Waals surface area contributed by atoms with Crippen molar-refractivity contribution in [1.29, 1.82) is 0 Å². The molecule has 1 aliphatic rings. The molecule has 1 unspecified atom stereocenters. The third kappa shape index (κ3) is 3.43. The number of likely N-dealkylation sites (tertiary alicyclic amines) is 1. The lowest BCUT2D eigenvalue weighted by atomic mass is 9.97. The molecule has 1 saturated heterocycles. The lowest BCUT2D eigenvalue weighted by Crippen LogP contribution is -2.31. The lowest BCUT2D eigenvalue weighted by Gasteiger charge is -2.26. The van der Waals surface area contributed by atoms with E-state index >= 15 is 0 Å². The summed E-state index contributed by atoms with van der Waals surface area (Å²) in [5.74, 6) is 0.111. The summed E-state index contributed by atoms with van der Waals surface area (Å²) in [5.41, 5.74) is 7.42. The molecule has 0 saturated carbocycles. The van der Waals surface area contributed by atoms with Gasteiger partial charge in [0.1, 0.15) is 0 Å². The molecule has 1 fully saturated rings. The van der Waals surface area contributed by atoms with E-state index in [0.29, 0.717) is 5.02 Å². The number of hydrogen-bond donors (Lipinski definition) is 1. The number of aromatic amines is 1. The zero-order valence-electron chi connectivity index (χ0n) is 17.8. The van der Waals surface area contributed by atoms with Crippen LogP contribution in [0.3, 0.4) is 0 Å². The number of rotatable bonds is 3. The second kappa shape index (κ2) is 7.90. The van der Waals surface area contributed by atoms with Crippen LogP contribution >= 0.6 is 11.6 Å². The Hall–Kier alpha value is -3.04. The Kier molecular flexibility index (Phi) is 5.07. The standard InChI is InChI=1S/C27H25ClN2O/c1-17-8-6-11-21(18(17)2)27(31)30-15-7-12-24(30)26-25(19-9-4-3-5-10-19)22-16-20(28)13-14-23(22)29-26/h3-6,8-11,13-14,16,24,29H,7,12,15H2,1-2H3. The van der Waals surface area contributed by atoms with Gasteiger partial charge in [0.25, 0.3) is 5.91 Å². The van der Waals surface area contributed by atoms with Gasteiger partial charge in [-0.2, -0.15) is 0 Å². The molecular weight excluding hydrogens is 404 g/mol. The van der Waals surface area contributed by atoms with Gasteiger partial charge in [0, 0.05) is 39.3 Å². The molecule has 4 heteroatoms. The number of nitrogens with zero attached hydrogens (tertiary/aromatic N) is 1. The fourth-order valence-electron chi connectivity index (χ4n) is 4.80. The van der Waals surface area contributed by atoms with Gasteiger partial charge in [0.2, 0.25) is 0 Å². The molecule has 0 aliphatic carbocycles. The molecule has 31 heavy (non-hydrogen) atoms. The topological polar surface area (TPSA) is 36.1 Å². The van der Waals surface area contributed by atoms with Crippen molar-refractivity contribution in [1.82, 2.24) is 9.88 Å². The van der Waals surface area contributed by atoms with Crippen LogP contribution in [0.1, 0.15) is 46.1 Å². The zero-order chi connectivity index (χ0) is 21.5. The van der Waals surface area contributed by atoms with Crippen LogP contribution in [0.15, 0.2) is 66.7 Å². The minimum Gasteiger partial charge on any atom is -0.356 e. The zero-order valence-corrected chi connectivity index (χ0v) is 18.5. The average Bonchev–Trinajstić information content (AvgIpc) is 3.40. The Morgan fingerprint density at radius 2 is 1.84 bits per heavy atom. The van der Waals surface area contributed by atoms with Gasteiger partial charge in [-0.25, -0.2) is 0 Å². The van der Waals surface area contributed by atoms with Gasteiger partial charge in [-0.1, -0.05) is 54.1 Å². The van der Waals surface area contributed by atoms with E-state index in [1.165, 1.54) is 0 Å². The van der Waals surface area contributed by atoms with Crippen LogP contribution in [-0.2, 0) is 0 Å². The first-order valence-corrected chi connectivity index (χ1v) is 11.2. The first-order valence-electron chi connectivity index (χ1n) is 10.8. The summed E-state index contributed by atoms with van der Waals surface area (Å²) in [6, 6.07) is 22.3. The Balaban J connectivity index is 1.65. The second-order valence-electron chi connectivity index (χ2n) is 8.37. The summed E-state index contributed by atoms with van der Waals surface area (Å²) in [4.78, 5) is 19.3. The number of carbonyl (C=O) groups is 1. The van der Waals surface area contributed by atoms with Crippen LogP contribution in [0, 0.1) is 13.8 Å². The van der Waals surface area contributed by atoms with Crippen molar-refractivity contribution in [2.75, 3.05) is 6.54 Å². The van der Waals surface area contributed by atoms with Crippen LogP contribution in [0.2, 0.25) is 5.02 Å². The molecule has 1 aliphatic heterocycles. The van der Waals surface area contributed by atoms with Gasteiger partial charge in [0.05, 0.1) is 6.04 Å². The molecule has 1 atom stereocenters. The first-order chi connectivity index (χ1) is 15.0. The lowest BCUT2D eigenvalue weighted by molar-refractivity contribution is 0.0733. The summed E-state index contributed by atoms with van der Waals surface area (Å²) in [6.07, 6.45) is 1.93. The van der Waals surface area contributed by atoms with Gasteiger partial charge in [-0.3, -0.25) is 4.79 Å². The van der Waals surface area contributed by atoms with E-state index in [9.17, 15) is 4.79 Å². The molecule has 0 radical (unpaired) electrons. The number of halogens is 1. The molecule has 156 valence electrons. The molecule has 2 heterocycles. The Labute approximate surface area is 187 Å². The monoisotopic (exact) mass is 428 g/mol. The predicted molar refractivity (Wildman–Crippen MR) is 128 cm³/mol. The average molecular weight is 429 g/mol. The maximum Gasteiger partial charge on any atom is 0.254 e. The van der Waals surface area contributed by atoms with Gasteiger partial charge < -0.3 is 9.88 Å². The molecule has 1 aromatic heterocycles. The number of aryl methyl sites for hydroxylation is 1. The third-order valence-electron chi connectivity index (χ3n) is 6.53. The van der Waals surface area contributed by atoms with Crippen LogP contribution in [0.4, 0.5) is 0 Å². The fraction of sp³-hybridized carbons (Fsp3) is 0.222. The normalized spacial score (nSPS) is 16.2. The van der Waals surface area contributed by atoms with Gasteiger partial charge in [-0.05, 0) is 67.6 Å². The summed E-state index contributed by atoms with van der Waals surface area (Å²) in [7, 11) is 0. The number of aromatic nitrogens is 1. The number of fused-ring (bicyclic) bond motifs is 1. The van der Waals surface area contributed by atoms with Crippen molar-refractivity contribution >= 4 is 28.4 Å². The highest BCUT2D eigenvalue weighted by Crippen LogP contribution is 2.42. The molecule has 3 nitrogen and oxygen atoms in total. The molecule has 5 rings (SSSR count). The summed E-state index contributed by atoms with van der Waals surface area (Å²) in [5, 5.41) is 1.81. The van der Waals surface area contributed by atoms with E-state index < -0.39 is 0 Å². The van der Waals surface area contributed by atoms with Gasteiger partial charge in [-0.15, -0.1) is 0 Å². The predicted octanol–water partition coefficient (Wildman–Crippen LogP) is 7.08. The molecule has 3 aromatic carbocycles. The number of H-pyrrole nitrogens is 1. The Bertz CT molecular complexity index is 1280. The van der Waals surface area contributed by atoms with Crippen molar-refractivity contribution in [2.45, 2.75) is 32.7 Å². The number of nitrogens with one attached hydrogen (secondary N) is 1. The van der Waals surface area contributed by atoms with E-state index in [4.69, 9.17) is 11.6 Å². The SMILES string of the molecule is Cc1cccc(C(=O)N2CCCC2c2[nH]c3ccc(Cl)cc3c2-c2ccccc2)c1C. The maximum atomic E-state index is 13.6. The minimum atomic E-state index is 0.00814. The van der Waals surface area contributed by atoms with E-state index in [2.05, 4.69) is 42.2 Å². The van der Waals surface area contributed by atoms with Crippen LogP contribution in [-0.4, -0.2) is 22.3 Å². The molecular formula is C27H25ClN2O. The third-order valence-corrected chi connectivity index (χ3v) is 6.77. The maximum absolute atomic E-state index is 13.6. The minimum absolute atomic E-state index is 0.00814. The van der Waals surface area contributed by atoms with Crippen molar-refractivity contribution in [2.24, 2.45) is 0 Å². The fourth-order valence-corrected chi connectivity index (χ4v) is 4.97. The van der Waals surface area contributed by atoms with Crippen molar-refractivity contribution < 1.29 is 4.79 Å². The molecule has 0 bridgehead atoms. The highest BCUT2D eigenvalue weighted by molar-refractivity contribution is 6.31. The highest BCUT2D eigenvalue weighted by atomic mass is 35.5. The quantitative estimate of drug-likeness (QED) is 0.371. The summed E-state index contributed by atoms with van der Waals surface area (Å²) >= 11 is 6.36. The highest BCUT2D eigenvalue weighted by Gasteiger charge is 2.34. The Morgan fingerprint density at radius 3 is 2.65 bits per heavy atom. The molecule has 4 aromatic rings. The molecule has 0 spiro atoms. The Morgan fingerprint density at radius 1 is 1.03 bits per heavy atom. The molecule has 1 N–H and O–H groups in total. The number of benzene rings is 3. The van der Waals surface area contributed by atoms with Crippen molar-refractivity contribution in [3.05, 3.63) is 94.1 Å². The van der Waals surface area contributed by atoms with Gasteiger partial charge in [0.15, 0.2) is 0 Å². The van der Waals surface area contributed by atoms with E-state index in [0.717, 1.165) is 63.8 Å². The van der Waals surface area contributed by atoms with Gasteiger partial charge >= 0.3 is 0 Å². The molecule has 1 amide bonds. The second-order valence-corrected chi connectivity index (χ2v) is 8.81. The van der Waals surface area contributed by atoms with Crippen LogP contribution in [0.25, 0.3) is 22.0 Å². The van der Waals surface area contributed by atoms with Crippen LogP contribution < -0.4 is 0 Å². The van der Waals surface area contributed by atoms with E-state index in [1.807, 2.05) is 48.2 Å². The number of carbonyl (C=O) groups excluding carboxylic acids is 1. The first kappa shape index (κ1) is 19.9. The van der Waals surface area contributed by atoms with Crippen LogP contribution in [0.5, 0.6) is 0 Å². The van der Waals surface area contributed by atoms with Crippen molar-refractivity contribution in [3.8, 4) is 11.1 Å². The van der Waals surface area contributed by atoms with E-state index in [1.54, 1.807) is 0 Å². The summed E-state index contributed by atoms with van der Waals surface area (Å²) < 4.78 is 0. The van der Waals surface area contributed by atoms with Crippen molar-refractivity contribution in [3.63, 3.8) is 0 Å². The van der Waals surface area contributed by atoms with E-state index in [-0.39, 0.29) is 11.9 Å².